The molecule has 0 bridgehead atoms. The second-order valence-electron chi connectivity index (χ2n) is 8.25. The molecule has 5 rings (SSSR count). The molecule has 0 aliphatic heterocycles. The number of hydrogen-bond donors (Lipinski definition) is 1. The fourth-order valence-corrected chi connectivity index (χ4v) is 3.85. The van der Waals surface area contributed by atoms with Crippen molar-refractivity contribution in [3.05, 3.63) is 101 Å². The monoisotopic (exact) mass is 464 g/mol. The highest BCUT2D eigenvalue weighted by atomic mass is 16.5. The number of amides is 1. The predicted octanol–water partition coefficient (Wildman–Crippen LogP) is 4.86. The van der Waals surface area contributed by atoms with Crippen LogP contribution in [-0.4, -0.2) is 30.9 Å². The highest BCUT2D eigenvalue weighted by molar-refractivity contribution is 5.96. The van der Waals surface area contributed by atoms with E-state index in [0.717, 1.165) is 39.1 Å². The van der Waals surface area contributed by atoms with Crippen molar-refractivity contribution < 1.29 is 9.53 Å². The maximum absolute atomic E-state index is 12.9. The minimum absolute atomic E-state index is 0.160. The summed E-state index contributed by atoms with van der Waals surface area (Å²) >= 11 is 0. The normalized spacial score (nSPS) is 10.9. The highest BCUT2D eigenvalue weighted by Crippen LogP contribution is 2.32. The molecule has 1 amide bonds. The lowest BCUT2D eigenvalue weighted by atomic mass is 10.1. The number of carbonyl (C=O) groups is 1. The van der Waals surface area contributed by atoms with E-state index < -0.39 is 0 Å². The van der Waals surface area contributed by atoms with Crippen molar-refractivity contribution in [3.8, 4) is 17.2 Å². The number of aromatic nitrogens is 5. The molecular formula is C27H24N6O2. The largest absolute Gasteiger partial charge is 0.456 e. The van der Waals surface area contributed by atoms with E-state index in [-0.39, 0.29) is 5.91 Å². The number of nitrogens with zero attached hydrogens (tertiary/aromatic N) is 5. The van der Waals surface area contributed by atoms with Crippen molar-refractivity contribution in [2.24, 2.45) is 0 Å². The Morgan fingerprint density at radius 2 is 1.80 bits per heavy atom. The Kier molecular flexibility index (Phi) is 5.93. The summed E-state index contributed by atoms with van der Waals surface area (Å²) in [4.78, 5) is 21.4. The summed E-state index contributed by atoms with van der Waals surface area (Å²) in [5, 5.41) is 12.2. The SMILES string of the molecule is Cc1nnn(-c2ccc3c(Oc4cccc(C(=O)NCc5ccncc5)c4C)ccnc3c2)c1C. The summed E-state index contributed by atoms with van der Waals surface area (Å²) in [6, 6.07) is 16.9. The molecule has 0 radical (unpaired) electrons. The summed E-state index contributed by atoms with van der Waals surface area (Å²) in [7, 11) is 0. The number of ether oxygens (including phenoxy) is 1. The Labute approximate surface area is 202 Å². The smallest absolute Gasteiger partial charge is 0.251 e. The average Bonchev–Trinajstić information content (AvgIpc) is 3.22. The minimum atomic E-state index is -0.160. The van der Waals surface area contributed by atoms with E-state index in [1.54, 1.807) is 29.3 Å². The maximum Gasteiger partial charge on any atom is 0.251 e. The first-order valence-electron chi connectivity index (χ1n) is 11.2. The highest BCUT2D eigenvalue weighted by Gasteiger charge is 2.15. The third kappa shape index (κ3) is 4.46. The van der Waals surface area contributed by atoms with E-state index in [4.69, 9.17) is 4.74 Å². The van der Waals surface area contributed by atoms with Crippen molar-refractivity contribution in [2.45, 2.75) is 27.3 Å². The summed E-state index contributed by atoms with van der Waals surface area (Å²) < 4.78 is 8.08. The van der Waals surface area contributed by atoms with Gasteiger partial charge in [-0.1, -0.05) is 11.3 Å². The van der Waals surface area contributed by atoms with E-state index in [1.165, 1.54) is 0 Å². The Bertz CT molecular complexity index is 1530. The van der Waals surface area contributed by atoms with Crippen LogP contribution in [0.1, 0.15) is 32.9 Å². The molecule has 1 N–H and O–H groups in total. The zero-order chi connectivity index (χ0) is 24.4. The molecule has 0 saturated heterocycles. The molecule has 2 aromatic carbocycles. The Morgan fingerprint density at radius 1 is 0.971 bits per heavy atom. The van der Waals surface area contributed by atoms with Gasteiger partial charge >= 0.3 is 0 Å². The fourth-order valence-electron chi connectivity index (χ4n) is 3.85. The van der Waals surface area contributed by atoms with Crippen molar-refractivity contribution in [2.75, 3.05) is 0 Å². The number of nitrogens with one attached hydrogen (secondary N) is 1. The molecule has 0 saturated carbocycles. The van der Waals surface area contributed by atoms with Crippen LogP contribution in [0.4, 0.5) is 0 Å². The number of fused-ring (bicyclic) bond motifs is 1. The number of pyridine rings is 2. The molecule has 3 aromatic heterocycles. The molecular weight excluding hydrogens is 440 g/mol. The average molecular weight is 465 g/mol. The van der Waals surface area contributed by atoms with Crippen LogP contribution in [0, 0.1) is 20.8 Å². The van der Waals surface area contributed by atoms with E-state index in [2.05, 4.69) is 25.6 Å². The standard InChI is InChI=1S/C27H24N6O2/c1-17-22(27(34)30-16-20-9-12-28-13-10-20)5-4-6-25(17)35-26-11-14-29-24-15-21(7-8-23(24)26)33-19(3)18(2)31-32-33/h4-15H,16H2,1-3H3,(H,30,34). The lowest BCUT2D eigenvalue weighted by Crippen LogP contribution is -2.23. The van der Waals surface area contributed by atoms with E-state index in [0.29, 0.717) is 23.6 Å². The third-order valence-electron chi connectivity index (χ3n) is 6.01. The first-order chi connectivity index (χ1) is 17.0. The van der Waals surface area contributed by atoms with Crippen molar-refractivity contribution in [3.63, 3.8) is 0 Å². The number of carbonyl (C=O) groups excluding carboxylic acids is 1. The van der Waals surface area contributed by atoms with Gasteiger partial charge in [-0.05, 0) is 74.9 Å². The zero-order valence-corrected chi connectivity index (χ0v) is 19.7. The van der Waals surface area contributed by atoms with Crippen LogP contribution in [0.5, 0.6) is 11.5 Å². The van der Waals surface area contributed by atoms with Crippen LogP contribution in [0.15, 0.2) is 73.2 Å². The molecule has 8 heteroatoms. The van der Waals surface area contributed by atoms with Crippen LogP contribution >= 0.6 is 0 Å². The fraction of sp³-hybridized carbons (Fsp3) is 0.148. The number of hydrogen-bond acceptors (Lipinski definition) is 6. The lowest BCUT2D eigenvalue weighted by molar-refractivity contribution is 0.0950. The van der Waals surface area contributed by atoms with Gasteiger partial charge in [0.1, 0.15) is 11.5 Å². The van der Waals surface area contributed by atoms with E-state index in [9.17, 15) is 4.79 Å². The molecule has 3 heterocycles. The molecule has 35 heavy (non-hydrogen) atoms. The number of rotatable bonds is 6. The maximum atomic E-state index is 12.9. The van der Waals surface area contributed by atoms with Crippen LogP contribution < -0.4 is 10.1 Å². The second-order valence-corrected chi connectivity index (χ2v) is 8.25. The molecule has 8 nitrogen and oxygen atoms in total. The summed E-state index contributed by atoms with van der Waals surface area (Å²) in [5.74, 6) is 1.11. The van der Waals surface area contributed by atoms with Gasteiger partial charge in [-0.15, -0.1) is 5.10 Å². The van der Waals surface area contributed by atoms with E-state index in [1.807, 2.05) is 69.3 Å². The Balaban J connectivity index is 1.41. The predicted molar refractivity (Wildman–Crippen MR) is 133 cm³/mol. The van der Waals surface area contributed by atoms with Crippen LogP contribution in [0.3, 0.4) is 0 Å². The molecule has 0 unspecified atom stereocenters. The van der Waals surface area contributed by atoms with Gasteiger partial charge in [-0.3, -0.25) is 14.8 Å². The molecule has 5 aromatic rings. The van der Waals surface area contributed by atoms with Crippen LogP contribution in [0.2, 0.25) is 0 Å². The summed E-state index contributed by atoms with van der Waals surface area (Å²) in [6.45, 7) is 6.22. The minimum Gasteiger partial charge on any atom is -0.456 e. The van der Waals surface area contributed by atoms with Gasteiger partial charge in [-0.25, -0.2) is 4.68 Å². The van der Waals surface area contributed by atoms with Gasteiger partial charge in [0.2, 0.25) is 0 Å². The summed E-state index contributed by atoms with van der Waals surface area (Å²) in [5.41, 5.74) is 5.82. The molecule has 0 aliphatic carbocycles. The van der Waals surface area contributed by atoms with E-state index >= 15 is 0 Å². The van der Waals surface area contributed by atoms with Crippen LogP contribution in [-0.2, 0) is 6.54 Å². The van der Waals surface area contributed by atoms with Gasteiger partial charge in [0, 0.05) is 41.6 Å². The topological polar surface area (TPSA) is 94.8 Å². The van der Waals surface area contributed by atoms with Gasteiger partial charge in [0.25, 0.3) is 5.91 Å². The van der Waals surface area contributed by atoms with Crippen molar-refractivity contribution in [1.29, 1.82) is 0 Å². The Morgan fingerprint density at radius 3 is 2.57 bits per heavy atom. The van der Waals surface area contributed by atoms with Gasteiger partial charge in [0.05, 0.1) is 22.6 Å². The molecule has 0 atom stereocenters. The van der Waals surface area contributed by atoms with Crippen molar-refractivity contribution in [1.82, 2.24) is 30.3 Å². The number of benzene rings is 2. The molecule has 174 valence electrons. The Hall–Kier alpha value is -4.59. The molecule has 0 aliphatic rings. The quantitative estimate of drug-likeness (QED) is 0.386. The summed E-state index contributed by atoms with van der Waals surface area (Å²) in [6.07, 6.45) is 5.12. The van der Waals surface area contributed by atoms with Crippen LogP contribution in [0.25, 0.3) is 16.6 Å². The van der Waals surface area contributed by atoms with Gasteiger partial charge in [0.15, 0.2) is 0 Å². The lowest BCUT2D eigenvalue weighted by Gasteiger charge is -2.14. The third-order valence-corrected chi connectivity index (χ3v) is 6.01. The number of aryl methyl sites for hydroxylation is 1. The van der Waals surface area contributed by atoms with Gasteiger partial charge < -0.3 is 10.1 Å². The molecule has 0 fully saturated rings. The van der Waals surface area contributed by atoms with Gasteiger partial charge in [-0.2, -0.15) is 0 Å². The second kappa shape index (κ2) is 9.34. The zero-order valence-electron chi connectivity index (χ0n) is 19.7. The first-order valence-corrected chi connectivity index (χ1v) is 11.2. The molecule has 0 spiro atoms. The first kappa shape index (κ1) is 22.2. The van der Waals surface area contributed by atoms with Crippen molar-refractivity contribution >= 4 is 16.8 Å².